The minimum atomic E-state index is -0.224. The summed E-state index contributed by atoms with van der Waals surface area (Å²) in [6.45, 7) is 5.00. The highest BCUT2D eigenvalue weighted by Crippen LogP contribution is 2.21. The highest BCUT2D eigenvalue weighted by atomic mass is 19.1. The Morgan fingerprint density at radius 1 is 0.962 bits per heavy atom. The van der Waals surface area contributed by atoms with Crippen molar-refractivity contribution in [2.45, 2.75) is 6.42 Å². The van der Waals surface area contributed by atoms with Gasteiger partial charge in [0.2, 0.25) is 5.95 Å². The van der Waals surface area contributed by atoms with Crippen molar-refractivity contribution in [2.24, 2.45) is 0 Å². The van der Waals surface area contributed by atoms with Crippen LogP contribution in [0.2, 0.25) is 0 Å². The van der Waals surface area contributed by atoms with E-state index in [9.17, 15) is 4.39 Å². The van der Waals surface area contributed by atoms with Gasteiger partial charge in [0.05, 0.1) is 5.69 Å². The molecule has 0 saturated heterocycles. The second-order valence-corrected chi connectivity index (χ2v) is 5.80. The van der Waals surface area contributed by atoms with Gasteiger partial charge in [-0.1, -0.05) is 48.5 Å². The zero-order valence-electron chi connectivity index (χ0n) is 14.5. The highest BCUT2D eigenvalue weighted by Gasteiger charge is 2.06. The fourth-order valence-corrected chi connectivity index (χ4v) is 2.52. The molecule has 0 aliphatic rings. The molecule has 2 N–H and O–H groups in total. The first-order valence-corrected chi connectivity index (χ1v) is 8.52. The zero-order valence-corrected chi connectivity index (χ0v) is 14.5. The molecule has 1 aromatic heterocycles. The average molecular weight is 348 g/mol. The maximum absolute atomic E-state index is 13.0. The molecule has 0 spiro atoms. The van der Waals surface area contributed by atoms with Gasteiger partial charge in [-0.05, 0) is 24.1 Å². The molecule has 0 radical (unpaired) electrons. The van der Waals surface area contributed by atoms with E-state index in [1.165, 1.54) is 12.1 Å². The molecule has 0 unspecified atom stereocenters. The van der Waals surface area contributed by atoms with Crippen molar-refractivity contribution in [1.29, 1.82) is 0 Å². The van der Waals surface area contributed by atoms with E-state index in [-0.39, 0.29) is 5.82 Å². The summed E-state index contributed by atoms with van der Waals surface area (Å²) < 4.78 is 13.0. The molecule has 4 nitrogen and oxygen atoms in total. The first-order valence-electron chi connectivity index (χ1n) is 8.52. The monoisotopic (exact) mass is 348 g/mol. The maximum atomic E-state index is 13.0. The van der Waals surface area contributed by atoms with Crippen LogP contribution in [0.1, 0.15) is 5.56 Å². The molecule has 0 aliphatic heterocycles. The van der Waals surface area contributed by atoms with Gasteiger partial charge in [0, 0.05) is 24.7 Å². The number of hydrogen-bond donors (Lipinski definition) is 2. The zero-order chi connectivity index (χ0) is 18.2. The van der Waals surface area contributed by atoms with Crippen LogP contribution in [0.4, 0.5) is 16.2 Å². The summed E-state index contributed by atoms with van der Waals surface area (Å²) in [5.74, 6) is 1.07. The summed E-state index contributed by atoms with van der Waals surface area (Å²) in [5, 5.41) is 6.46. The third-order valence-corrected chi connectivity index (χ3v) is 3.83. The van der Waals surface area contributed by atoms with Gasteiger partial charge >= 0.3 is 0 Å². The fraction of sp³-hybridized carbons (Fsp3) is 0.143. The van der Waals surface area contributed by atoms with Gasteiger partial charge in [0.15, 0.2) is 0 Å². The smallest absolute Gasteiger partial charge is 0.225 e. The third kappa shape index (κ3) is 4.89. The van der Waals surface area contributed by atoms with E-state index in [4.69, 9.17) is 0 Å². The molecular weight excluding hydrogens is 327 g/mol. The summed E-state index contributed by atoms with van der Waals surface area (Å²) in [7, 11) is 0. The molecule has 3 aromatic rings. The Hall–Kier alpha value is -3.21. The molecule has 3 rings (SSSR count). The molecule has 0 aliphatic carbocycles. The molecule has 26 heavy (non-hydrogen) atoms. The summed E-state index contributed by atoms with van der Waals surface area (Å²) in [5.41, 5.74) is 2.93. The van der Waals surface area contributed by atoms with Crippen molar-refractivity contribution in [2.75, 3.05) is 23.7 Å². The van der Waals surface area contributed by atoms with Gasteiger partial charge in [-0.2, -0.15) is 4.98 Å². The minimum Gasteiger partial charge on any atom is -0.366 e. The molecule has 0 atom stereocenters. The number of hydrogen-bond acceptors (Lipinski definition) is 4. The summed E-state index contributed by atoms with van der Waals surface area (Å²) in [4.78, 5) is 9.11. The number of halogens is 1. The molecular formula is C21H21FN4. The minimum absolute atomic E-state index is 0.224. The molecule has 5 heteroatoms. The largest absolute Gasteiger partial charge is 0.366 e. The summed E-state index contributed by atoms with van der Waals surface area (Å²) >= 11 is 0. The lowest BCUT2D eigenvalue weighted by atomic mass is 10.1. The molecule has 0 saturated carbocycles. The predicted octanol–water partition coefficient (Wildman–Crippen LogP) is 4.54. The Morgan fingerprint density at radius 3 is 2.46 bits per heavy atom. The number of nitrogens with zero attached hydrogens (tertiary/aromatic N) is 2. The van der Waals surface area contributed by atoms with E-state index in [2.05, 4.69) is 27.2 Å². The van der Waals surface area contributed by atoms with Crippen LogP contribution in [0, 0.1) is 5.82 Å². The lowest BCUT2D eigenvalue weighted by Crippen LogP contribution is -2.10. The second kappa shape index (κ2) is 8.76. The SMILES string of the molecule is C=CCNc1cc(-c2ccccc2)nc(NCCc2ccc(F)cc2)n1. The molecule has 0 bridgehead atoms. The van der Waals surface area contributed by atoms with E-state index < -0.39 is 0 Å². The van der Waals surface area contributed by atoms with Crippen molar-refractivity contribution >= 4 is 11.8 Å². The number of nitrogens with one attached hydrogen (secondary N) is 2. The molecule has 0 fully saturated rings. The Morgan fingerprint density at radius 2 is 1.73 bits per heavy atom. The van der Waals surface area contributed by atoms with Gasteiger partial charge in [0.1, 0.15) is 11.6 Å². The average Bonchev–Trinajstić information content (AvgIpc) is 2.68. The van der Waals surface area contributed by atoms with Crippen LogP contribution in [0.5, 0.6) is 0 Å². The summed E-state index contributed by atoms with van der Waals surface area (Å²) in [6.07, 6.45) is 2.54. The first-order chi connectivity index (χ1) is 12.7. The molecule has 0 amide bonds. The maximum Gasteiger partial charge on any atom is 0.225 e. The Labute approximate surface area is 152 Å². The second-order valence-electron chi connectivity index (χ2n) is 5.80. The van der Waals surface area contributed by atoms with E-state index in [0.29, 0.717) is 19.0 Å². The van der Waals surface area contributed by atoms with Crippen LogP contribution < -0.4 is 10.6 Å². The van der Waals surface area contributed by atoms with Crippen molar-refractivity contribution in [3.05, 3.63) is 84.7 Å². The van der Waals surface area contributed by atoms with Gasteiger partial charge in [-0.15, -0.1) is 6.58 Å². The van der Waals surface area contributed by atoms with Crippen LogP contribution in [0.25, 0.3) is 11.3 Å². The lowest BCUT2D eigenvalue weighted by Gasteiger charge is -2.11. The van der Waals surface area contributed by atoms with E-state index in [0.717, 1.165) is 29.1 Å². The number of benzene rings is 2. The van der Waals surface area contributed by atoms with E-state index >= 15 is 0 Å². The predicted molar refractivity (Wildman–Crippen MR) is 105 cm³/mol. The van der Waals surface area contributed by atoms with Gasteiger partial charge < -0.3 is 10.6 Å². The van der Waals surface area contributed by atoms with Crippen LogP contribution in [0.15, 0.2) is 73.3 Å². The lowest BCUT2D eigenvalue weighted by molar-refractivity contribution is 0.627. The molecule has 132 valence electrons. The Kier molecular flexibility index (Phi) is 5.93. The van der Waals surface area contributed by atoms with E-state index in [1.807, 2.05) is 36.4 Å². The fourth-order valence-electron chi connectivity index (χ4n) is 2.52. The number of anilines is 2. The van der Waals surface area contributed by atoms with E-state index in [1.54, 1.807) is 18.2 Å². The van der Waals surface area contributed by atoms with Crippen LogP contribution >= 0.6 is 0 Å². The highest BCUT2D eigenvalue weighted by molar-refractivity contribution is 5.64. The van der Waals surface area contributed by atoms with Gasteiger partial charge in [-0.3, -0.25) is 0 Å². The normalized spacial score (nSPS) is 10.3. The van der Waals surface area contributed by atoms with Crippen molar-refractivity contribution in [3.63, 3.8) is 0 Å². The van der Waals surface area contributed by atoms with Crippen molar-refractivity contribution in [1.82, 2.24) is 9.97 Å². The molecule has 1 heterocycles. The van der Waals surface area contributed by atoms with Crippen molar-refractivity contribution in [3.8, 4) is 11.3 Å². The Bertz CT molecular complexity index is 848. The summed E-state index contributed by atoms with van der Waals surface area (Å²) in [6, 6.07) is 18.4. The van der Waals surface area contributed by atoms with Crippen LogP contribution in [-0.2, 0) is 6.42 Å². The topological polar surface area (TPSA) is 49.8 Å². The van der Waals surface area contributed by atoms with Gasteiger partial charge in [0.25, 0.3) is 0 Å². The molecule has 2 aromatic carbocycles. The van der Waals surface area contributed by atoms with Crippen LogP contribution in [-0.4, -0.2) is 23.1 Å². The number of aromatic nitrogens is 2. The third-order valence-electron chi connectivity index (χ3n) is 3.83. The van der Waals surface area contributed by atoms with Gasteiger partial charge in [-0.25, -0.2) is 9.37 Å². The first kappa shape index (κ1) is 17.6. The number of rotatable bonds is 8. The standard InChI is InChI=1S/C21H21FN4/c1-2-13-23-20-15-19(17-6-4-3-5-7-17)25-21(26-20)24-14-12-16-8-10-18(22)11-9-16/h2-11,15H,1,12-14H2,(H2,23,24,25,26). The Balaban J connectivity index is 1.74. The van der Waals surface area contributed by atoms with Crippen molar-refractivity contribution < 1.29 is 4.39 Å². The van der Waals surface area contributed by atoms with Crippen LogP contribution in [0.3, 0.4) is 0 Å². The quantitative estimate of drug-likeness (QED) is 0.587.